The number of aliphatic hydroxyl groups is 1. The third kappa shape index (κ3) is 5.08. The minimum absolute atomic E-state index is 0. The second-order valence-corrected chi connectivity index (χ2v) is 3.40. The van der Waals surface area contributed by atoms with E-state index in [9.17, 15) is 8.42 Å². The van der Waals surface area contributed by atoms with Crippen LogP contribution in [0.4, 0.5) is 0 Å². The standard InChI is InChI=1S/C6H10O4S.Na.H/c1-3-5-10-11(8,9)6(7)4-2;;/h3-4,6-7H,1-2,5H2;;. The van der Waals surface area contributed by atoms with Gasteiger partial charge in [0.15, 0.2) is 5.44 Å². The molecule has 0 aromatic carbocycles. The van der Waals surface area contributed by atoms with Crippen molar-refractivity contribution in [1.29, 1.82) is 0 Å². The number of hydrogen-bond donors (Lipinski definition) is 1. The summed E-state index contributed by atoms with van der Waals surface area (Å²) in [5.41, 5.74) is -1.66. The quantitative estimate of drug-likeness (QED) is 0.366. The van der Waals surface area contributed by atoms with Gasteiger partial charge in [0.05, 0.1) is 6.61 Å². The number of aliphatic hydroxyl groups excluding tert-OH is 1. The van der Waals surface area contributed by atoms with Crippen LogP contribution in [-0.4, -0.2) is 55.1 Å². The maximum absolute atomic E-state index is 10.7. The predicted molar refractivity (Wildman–Crippen MR) is 48.4 cm³/mol. The second kappa shape index (κ2) is 6.82. The van der Waals surface area contributed by atoms with Gasteiger partial charge in [0.1, 0.15) is 0 Å². The van der Waals surface area contributed by atoms with E-state index in [1.54, 1.807) is 0 Å². The average molecular weight is 202 g/mol. The number of hydrogen-bond acceptors (Lipinski definition) is 4. The third-order valence-corrected chi connectivity index (χ3v) is 2.10. The molecule has 1 unspecified atom stereocenters. The van der Waals surface area contributed by atoms with Gasteiger partial charge < -0.3 is 5.11 Å². The Morgan fingerprint density at radius 1 is 1.50 bits per heavy atom. The van der Waals surface area contributed by atoms with E-state index in [1.807, 2.05) is 0 Å². The van der Waals surface area contributed by atoms with Gasteiger partial charge in [-0.25, -0.2) is 0 Å². The van der Waals surface area contributed by atoms with Crippen molar-refractivity contribution in [3.63, 3.8) is 0 Å². The Labute approximate surface area is 94.3 Å². The molecular formula is C6H11NaO4S. The fourth-order valence-corrected chi connectivity index (χ4v) is 0.992. The van der Waals surface area contributed by atoms with Gasteiger partial charge in [0.25, 0.3) is 10.1 Å². The first-order valence-corrected chi connectivity index (χ1v) is 4.31. The van der Waals surface area contributed by atoms with E-state index in [2.05, 4.69) is 17.3 Å². The molecule has 0 saturated carbocycles. The zero-order valence-corrected chi connectivity index (χ0v) is 6.75. The Balaban J connectivity index is 0. The van der Waals surface area contributed by atoms with E-state index >= 15 is 0 Å². The molecule has 12 heavy (non-hydrogen) atoms. The Kier molecular flexibility index (Phi) is 8.44. The van der Waals surface area contributed by atoms with Crippen LogP contribution < -0.4 is 0 Å². The first-order valence-electron chi connectivity index (χ1n) is 2.84. The molecule has 0 amide bonds. The van der Waals surface area contributed by atoms with Crippen LogP contribution in [0.15, 0.2) is 25.3 Å². The Bertz CT molecular complexity index is 234. The van der Waals surface area contributed by atoms with Crippen LogP contribution in [0.3, 0.4) is 0 Å². The Hall–Kier alpha value is 0.350. The fraction of sp³-hybridized carbons (Fsp3) is 0.333. The van der Waals surface area contributed by atoms with E-state index in [4.69, 9.17) is 5.11 Å². The molecule has 0 aromatic heterocycles. The fourth-order valence-electron chi connectivity index (χ4n) is 0.331. The summed E-state index contributed by atoms with van der Waals surface area (Å²) in [5.74, 6) is 0. The van der Waals surface area contributed by atoms with Crippen molar-refractivity contribution in [2.45, 2.75) is 5.44 Å². The number of rotatable bonds is 5. The minimum atomic E-state index is -3.91. The van der Waals surface area contributed by atoms with Crippen molar-refractivity contribution in [3.05, 3.63) is 25.3 Å². The molecule has 0 aliphatic carbocycles. The third-order valence-electron chi connectivity index (χ3n) is 0.848. The molecule has 0 saturated heterocycles. The van der Waals surface area contributed by atoms with Gasteiger partial charge in [-0.3, -0.25) is 4.18 Å². The van der Waals surface area contributed by atoms with Crippen LogP contribution in [0.25, 0.3) is 0 Å². The first kappa shape index (κ1) is 14.9. The van der Waals surface area contributed by atoms with Crippen molar-refractivity contribution in [2.24, 2.45) is 0 Å². The van der Waals surface area contributed by atoms with Crippen molar-refractivity contribution in [1.82, 2.24) is 0 Å². The summed E-state index contributed by atoms with van der Waals surface area (Å²) in [5, 5.41) is 8.75. The molecule has 4 nitrogen and oxygen atoms in total. The van der Waals surface area contributed by atoms with Crippen molar-refractivity contribution >= 4 is 39.7 Å². The van der Waals surface area contributed by atoms with Crippen molar-refractivity contribution in [3.8, 4) is 0 Å². The molecule has 1 N–H and O–H groups in total. The van der Waals surface area contributed by atoms with Crippen molar-refractivity contribution < 1.29 is 17.7 Å². The molecule has 0 bridgehead atoms. The summed E-state index contributed by atoms with van der Waals surface area (Å²) in [4.78, 5) is 0. The van der Waals surface area contributed by atoms with Gasteiger partial charge in [-0.15, -0.1) is 6.58 Å². The van der Waals surface area contributed by atoms with Gasteiger partial charge in [-0.2, -0.15) is 8.42 Å². The molecule has 0 aliphatic rings. The second-order valence-electron chi connectivity index (χ2n) is 1.69. The summed E-state index contributed by atoms with van der Waals surface area (Å²) >= 11 is 0. The van der Waals surface area contributed by atoms with Crippen LogP contribution in [0.1, 0.15) is 0 Å². The summed E-state index contributed by atoms with van der Waals surface area (Å²) in [6, 6.07) is 0. The maximum atomic E-state index is 10.7. The van der Waals surface area contributed by atoms with E-state index in [0.717, 1.165) is 6.08 Å². The summed E-state index contributed by atoms with van der Waals surface area (Å²) in [6.07, 6.45) is 2.14. The molecule has 0 rings (SSSR count). The van der Waals surface area contributed by atoms with Crippen LogP contribution in [0, 0.1) is 0 Å². The van der Waals surface area contributed by atoms with E-state index in [-0.39, 0.29) is 36.2 Å². The Morgan fingerprint density at radius 3 is 2.33 bits per heavy atom. The molecule has 0 heterocycles. The zero-order chi connectivity index (χ0) is 8.91. The van der Waals surface area contributed by atoms with Gasteiger partial charge in [-0.05, 0) is 6.08 Å². The molecule has 66 valence electrons. The van der Waals surface area contributed by atoms with Gasteiger partial charge in [0.2, 0.25) is 0 Å². The van der Waals surface area contributed by atoms with E-state index < -0.39 is 15.6 Å². The molecule has 0 fully saturated rings. The van der Waals surface area contributed by atoms with Crippen LogP contribution >= 0.6 is 0 Å². The molecule has 0 radical (unpaired) electrons. The Morgan fingerprint density at radius 2 is 2.00 bits per heavy atom. The van der Waals surface area contributed by atoms with Crippen molar-refractivity contribution in [2.75, 3.05) is 6.61 Å². The molecular weight excluding hydrogens is 191 g/mol. The van der Waals surface area contributed by atoms with Gasteiger partial charge >= 0.3 is 29.6 Å². The summed E-state index contributed by atoms with van der Waals surface area (Å²) in [6.45, 7) is 6.21. The monoisotopic (exact) mass is 202 g/mol. The van der Waals surface area contributed by atoms with Crippen LogP contribution in [-0.2, 0) is 14.3 Å². The van der Waals surface area contributed by atoms with E-state index in [0.29, 0.717) is 0 Å². The predicted octanol–water partition coefficient (Wildman–Crippen LogP) is -0.625. The molecule has 0 aliphatic heterocycles. The van der Waals surface area contributed by atoms with Crippen LogP contribution in [0.5, 0.6) is 0 Å². The average Bonchev–Trinajstić information content (AvgIpc) is 1.99. The zero-order valence-electron chi connectivity index (χ0n) is 5.93. The molecule has 0 spiro atoms. The molecule has 0 aromatic rings. The molecule has 6 heteroatoms. The van der Waals surface area contributed by atoms with Gasteiger partial charge in [0, 0.05) is 0 Å². The first-order chi connectivity index (χ1) is 5.04. The SMILES string of the molecule is C=CCOS(=O)(=O)C(O)C=C.[NaH]. The van der Waals surface area contributed by atoms with Gasteiger partial charge in [-0.1, -0.05) is 12.7 Å². The topological polar surface area (TPSA) is 63.6 Å². The summed E-state index contributed by atoms with van der Waals surface area (Å²) in [7, 11) is -3.91. The van der Waals surface area contributed by atoms with E-state index in [1.165, 1.54) is 6.08 Å². The molecule has 1 atom stereocenters. The normalized spacial score (nSPS) is 12.8. The summed E-state index contributed by atoms with van der Waals surface area (Å²) < 4.78 is 25.7. The van der Waals surface area contributed by atoms with Crippen LogP contribution in [0.2, 0.25) is 0 Å².